The van der Waals surface area contributed by atoms with E-state index in [1.54, 1.807) is 6.08 Å². The van der Waals surface area contributed by atoms with Crippen molar-refractivity contribution in [2.24, 2.45) is 34.0 Å². The first kappa shape index (κ1) is 17.9. The second kappa shape index (κ2) is 5.28. The third-order valence-corrected chi connectivity index (χ3v) is 8.33. The maximum absolute atomic E-state index is 13.1. The fraction of sp³-hybridized carbons (Fsp3) is 0.762. The highest BCUT2D eigenvalue weighted by molar-refractivity contribution is 6.00. The molecule has 24 heavy (non-hydrogen) atoms. The molecule has 2 bridgehead atoms. The Morgan fingerprint density at radius 1 is 1.25 bits per heavy atom. The first-order valence-electron chi connectivity index (χ1n) is 9.26. The molecule has 0 saturated heterocycles. The van der Waals surface area contributed by atoms with E-state index in [1.807, 2.05) is 6.92 Å². The molecule has 134 valence electrons. The maximum Gasteiger partial charge on any atom is 0.162 e. The summed E-state index contributed by atoms with van der Waals surface area (Å²) in [5, 5.41) is 22.4. The van der Waals surface area contributed by atoms with Crippen molar-refractivity contribution in [1.29, 1.82) is 0 Å². The van der Waals surface area contributed by atoms with Gasteiger partial charge in [0.05, 0.1) is 12.2 Å². The Balaban J connectivity index is 2.25. The summed E-state index contributed by atoms with van der Waals surface area (Å²) in [6, 6.07) is 0. The molecule has 0 amide bonds. The molecule has 0 heterocycles. The van der Waals surface area contributed by atoms with Gasteiger partial charge in [-0.2, -0.15) is 0 Å². The van der Waals surface area contributed by atoms with Crippen LogP contribution in [0.4, 0.5) is 0 Å². The molecule has 3 heteroatoms. The van der Waals surface area contributed by atoms with Gasteiger partial charge < -0.3 is 10.2 Å². The zero-order valence-corrected chi connectivity index (χ0v) is 15.5. The number of carbonyl (C=O) groups is 1. The highest BCUT2D eigenvalue weighted by Gasteiger charge is 2.68. The van der Waals surface area contributed by atoms with Crippen molar-refractivity contribution < 1.29 is 15.0 Å². The summed E-state index contributed by atoms with van der Waals surface area (Å²) in [7, 11) is 0. The molecule has 3 rings (SSSR count). The van der Waals surface area contributed by atoms with E-state index < -0.39 is 23.0 Å². The molecule has 0 spiro atoms. The van der Waals surface area contributed by atoms with Crippen molar-refractivity contribution in [2.75, 3.05) is 0 Å². The number of ketones is 1. The smallest absolute Gasteiger partial charge is 0.162 e. The lowest BCUT2D eigenvalue weighted by Gasteiger charge is -2.61. The summed E-state index contributed by atoms with van der Waals surface area (Å²) in [4.78, 5) is 13.1. The van der Waals surface area contributed by atoms with Crippen molar-refractivity contribution in [3.8, 4) is 0 Å². The molecular weight excluding hydrogens is 300 g/mol. The van der Waals surface area contributed by atoms with Gasteiger partial charge in [-0.1, -0.05) is 40.3 Å². The summed E-state index contributed by atoms with van der Waals surface area (Å²) in [6.45, 7) is 16.3. The van der Waals surface area contributed by atoms with Gasteiger partial charge in [-0.3, -0.25) is 4.79 Å². The molecule has 3 fully saturated rings. The number of hydrogen-bond acceptors (Lipinski definition) is 3. The number of hydrogen-bond donors (Lipinski definition) is 2. The number of aliphatic hydroxyl groups excluding tert-OH is 2. The van der Waals surface area contributed by atoms with E-state index in [-0.39, 0.29) is 29.0 Å². The number of allylic oxidation sites excluding steroid dienone is 1. The van der Waals surface area contributed by atoms with Gasteiger partial charge in [0, 0.05) is 16.7 Å². The number of Topliss-reactive ketones (excluding diaryl/α,β-unsaturated/α-hetero) is 1. The lowest BCUT2D eigenvalue weighted by molar-refractivity contribution is -0.191. The van der Waals surface area contributed by atoms with Gasteiger partial charge in [-0.05, 0) is 48.5 Å². The van der Waals surface area contributed by atoms with E-state index >= 15 is 0 Å². The standard InChI is InChI=1S/C21H32O3/c1-7-19(5)11-15(22)20(6)13(3)8-9-21(14(4)18(19)24)10-12(2)16(23)17(20)21/h7,13-15,17-18,22,24H,1-2,8-11H2,3-6H3/t13-,14+,15-,17+,18+,19-,20+,21+/m1/s1. The van der Waals surface area contributed by atoms with Crippen molar-refractivity contribution in [3.63, 3.8) is 0 Å². The summed E-state index contributed by atoms with van der Waals surface area (Å²) < 4.78 is 0. The fourth-order valence-electron chi connectivity index (χ4n) is 6.29. The Morgan fingerprint density at radius 3 is 2.46 bits per heavy atom. The molecule has 3 nitrogen and oxygen atoms in total. The highest BCUT2D eigenvalue weighted by atomic mass is 16.3. The second-order valence-electron chi connectivity index (χ2n) is 9.28. The average Bonchev–Trinajstić information content (AvgIpc) is 2.81. The third kappa shape index (κ3) is 1.94. The number of rotatable bonds is 1. The van der Waals surface area contributed by atoms with Gasteiger partial charge in [0.25, 0.3) is 0 Å². The number of aliphatic hydroxyl groups is 2. The van der Waals surface area contributed by atoms with Gasteiger partial charge in [0.15, 0.2) is 5.78 Å². The van der Waals surface area contributed by atoms with Crippen LogP contribution in [0.1, 0.15) is 53.4 Å². The van der Waals surface area contributed by atoms with Crippen LogP contribution in [0.15, 0.2) is 24.8 Å². The Kier molecular flexibility index (Phi) is 3.93. The molecule has 3 saturated carbocycles. The zero-order chi connectivity index (χ0) is 18.1. The molecule has 0 aromatic carbocycles. The van der Waals surface area contributed by atoms with Crippen molar-refractivity contribution in [3.05, 3.63) is 24.8 Å². The minimum Gasteiger partial charge on any atom is -0.392 e. The van der Waals surface area contributed by atoms with Gasteiger partial charge in [0.2, 0.25) is 0 Å². The monoisotopic (exact) mass is 332 g/mol. The van der Waals surface area contributed by atoms with Crippen LogP contribution in [0.2, 0.25) is 0 Å². The summed E-state index contributed by atoms with van der Waals surface area (Å²) in [5.41, 5.74) is -0.649. The minimum absolute atomic E-state index is 0.0342. The van der Waals surface area contributed by atoms with Gasteiger partial charge in [0.1, 0.15) is 0 Å². The van der Waals surface area contributed by atoms with E-state index in [1.165, 1.54) is 0 Å². The SMILES string of the molecule is C=C[C@]1(C)C[C@@H](O)[C@]2(C)[C@H](C)CC[C@]3(CC(=C)C(=O)[C@H]32)[C@@H](C)[C@@H]1O. The van der Waals surface area contributed by atoms with Crippen molar-refractivity contribution in [2.45, 2.75) is 65.6 Å². The second-order valence-corrected chi connectivity index (χ2v) is 9.28. The fourth-order valence-corrected chi connectivity index (χ4v) is 6.29. The van der Waals surface area contributed by atoms with Crippen LogP contribution < -0.4 is 0 Å². The topological polar surface area (TPSA) is 57.5 Å². The van der Waals surface area contributed by atoms with Crippen LogP contribution in [0.5, 0.6) is 0 Å². The molecule has 2 N–H and O–H groups in total. The maximum atomic E-state index is 13.1. The minimum atomic E-state index is -0.642. The first-order valence-corrected chi connectivity index (χ1v) is 9.26. The Hall–Kier alpha value is -0.930. The van der Waals surface area contributed by atoms with Gasteiger partial charge >= 0.3 is 0 Å². The Bertz CT molecular complexity index is 596. The largest absolute Gasteiger partial charge is 0.392 e. The zero-order valence-electron chi connectivity index (χ0n) is 15.5. The average molecular weight is 332 g/mol. The molecule has 0 aromatic rings. The van der Waals surface area contributed by atoms with Gasteiger partial charge in [-0.25, -0.2) is 0 Å². The third-order valence-electron chi connectivity index (χ3n) is 8.33. The van der Waals surface area contributed by atoms with Gasteiger partial charge in [-0.15, -0.1) is 6.58 Å². The molecule has 0 aromatic heterocycles. The highest BCUT2D eigenvalue weighted by Crippen LogP contribution is 2.68. The predicted molar refractivity (Wildman–Crippen MR) is 95.3 cm³/mol. The Morgan fingerprint density at radius 2 is 1.88 bits per heavy atom. The Labute approximate surface area is 145 Å². The molecule has 3 aliphatic rings. The van der Waals surface area contributed by atoms with E-state index in [9.17, 15) is 15.0 Å². The van der Waals surface area contributed by atoms with Crippen molar-refractivity contribution >= 4 is 5.78 Å². The van der Waals surface area contributed by atoms with Crippen LogP contribution >= 0.6 is 0 Å². The summed E-state index contributed by atoms with van der Waals surface area (Å²) >= 11 is 0. The van der Waals surface area contributed by atoms with E-state index in [0.717, 1.165) is 12.8 Å². The lowest BCUT2D eigenvalue weighted by Crippen LogP contribution is -2.62. The predicted octanol–water partition coefficient (Wildman–Crippen LogP) is 3.51. The van der Waals surface area contributed by atoms with Crippen molar-refractivity contribution in [1.82, 2.24) is 0 Å². The summed E-state index contributed by atoms with van der Waals surface area (Å²) in [6.07, 6.45) is 3.51. The van der Waals surface area contributed by atoms with Crippen LogP contribution in [0.25, 0.3) is 0 Å². The van der Waals surface area contributed by atoms with Crippen LogP contribution in [-0.2, 0) is 4.79 Å². The quantitative estimate of drug-likeness (QED) is 0.571. The van der Waals surface area contributed by atoms with Crippen LogP contribution in [0.3, 0.4) is 0 Å². The molecule has 8 atom stereocenters. The molecule has 0 radical (unpaired) electrons. The number of carbonyl (C=O) groups excluding carboxylic acids is 1. The summed E-state index contributed by atoms with van der Waals surface area (Å²) in [5.74, 6) is 0.102. The van der Waals surface area contributed by atoms with E-state index in [4.69, 9.17) is 0 Å². The van der Waals surface area contributed by atoms with E-state index in [2.05, 4.69) is 33.9 Å². The normalized spacial score (nSPS) is 54.8. The molecule has 0 aliphatic heterocycles. The molecular formula is C21H32O3. The molecule has 3 aliphatic carbocycles. The van der Waals surface area contributed by atoms with E-state index in [0.29, 0.717) is 18.4 Å². The molecule has 0 unspecified atom stereocenters. The first-order chi connectivity index (χ1) is 11.0. The van der Waals surface area contributed by atoms with Crippen LogP contribution in [0, 0.1) is 34.0 Å². The van der Waals surface area contributed by atoms with Crippen LogP contribution in [-0.4, -0.2) is 28.2 Å². The lowest BCUT2D eigenvalue weighted by atomic mass is 9.44.